The largest absolute Gasteiger partial charge is 0.356 e. The minimum atomic E-state index is -3.85. The van der Waals surface area contributed by atoms with Gasteiger partial charge < -0.3 is 10.2 Å². The summed E-state index contributed by atoms with van der Waals surface area (Å²) in [6, 6.07) is 13.4. The van der Waals surface area contributed by atoms with Crippen LogP contribution in [0, 0.1) is 18.7 Å². The van der Waals surface area contributed by atoms with Crippen molar-refractivity contribution in [3.63, 3.8) is 0 Å². The Hall–Kier alpha value is -3.00. The molecule has 6 nitrogen and oxygen atoms in total. The molecule has 1 amide bonds. The Labute approximate surface area is 187 Å². The summed E-state index contributed by atoms with van der Waals surface area (Å²) in [5.41, 5.74) is 3.21. The lowest BCUT2D eigenvalue weighted by Gasteiger charge is -2.32. The summed E-state index contributed by atoms with van der Waals surface area (Å²) in [7, 11) is -3.85. The van der Waals surface area contributed by atoms with E-state index in [2.05, 4.69) is 9.71 Å². The van der Waals surface area contributed by atoms with Crippen LogP contribution in [-0.4, -0.2) is 38.2 Å². The van der Waals surface area contributed by atoms with E-state index in [1.165, 1.54) is 29.8 Å². The van der Waals surface area contributed by atoms with Gasteiger partial charge in [-0.25, -0.2) is 4.39 Å². The number of rotatable bonds is 4. The predicted octanol–water partition coefficient (Wildman–Crippen LogP) is 3.64. The quantitative estimate of drug-likeness (QED) is 0.764. The number of amidine groups is 1. The van der Waals surface area contributed by atoms with E-state index in [9.17, 15) is 17.6 Å². The van der Waals surface area contributed by atoms with Gasteiger partial charge in [-0.05, 0) is 49.9 Å². The third-order valence-electron chi connectivity index (χ3n) is 6.00. The summed E-state index contributed by atoms with van der Waals surface area (Å²) < 4.78 is 42.7. The summed E-state index contributed by atoms with van der Waals surface area (Å²) in [6.45, 7) is 5.33. The van der Waals surface area contributed by atoms with Crippen LogP contribution in [0.4, 0.5) is 4.39 Å². The van der Waals surface area contributed by atoms with Crippen molar-refractivity contribution < 1.29 is 17.6 Å². The first-order chi connectivity index (χ1) is 15.2. The predicted molar refractivity (Wildman–Crippen MR) is 123 cm³/mol. The SMILES string of the molecule is CC1=C(c2ccc(F)cc2)S(=O)(=O)N=C1N1CCC(C(=O)NCc2ccc(C)cc2)CC1. The van der Waals surface area contributed by atoms with Crippen LogP contribution in [0.1, 0.15) is 36.5 Å². The van der Waals surface area contributed by atoms with Gasteiger partial charge in [0.15, 0.2) is 0 Å². The zero-order valence-corrected chi connectivity index (χ0v) is 19.0. The summed E-state index contributed by atoms with van der Waals surface area (Å²) in [5, 5.41) is 3.00. The Morgan fingerprint density at radius 1 is 1.06 bits per heavy atom. The number of carbonyl (C=O) groups is 1. The molecule has 2 aromatic carbocycles. The number of sulfonamides is 1. The number of halogens is 1. The second-order valence-electron chi connectivity index (χ2n) is 8.32. The molecule has 4 rings (SSSR count). The van der Waals surface area contributed by atoms with Crippen molar-refractivity contribution in [3.05, 3.63) is 76.6 Å². The van der Waals surface area contributed by atoms with E-state index in [0.717, 1.165) is 5.56 Å². The highest BCUT2D eigenvalue weighted by molar-refractivity contribution is 8.00. The van der Waals surface area contributed by atoms with Crippen molar-refractivity contribution in [2.24, 2.45) is 10.3 Å². The Morgan fingerprint density at radius 2 is 1.69 bits per heavy atom. The lowest BCUT2D eigenvalue weighted by Crippen LogP contribution is -2.43. The number of nitrogens with one attached hydrogen (secondary N) is 1. The third-order valence-corrected chi connectivity index (χ3v) is 7.47. The first kappa shape index (κ1) is 22.2. The van der Waals surface area contributed by atoms with Crippen molar-refractivity contribution in [3.8, 4) is 0 Å². The molecule has 2 heterocycles. The van der Waals surface area contributed by atoms with Gasteiger partial charge in [-0.3, -0.25) is 4.79 Å². The first-order valence-electron chi connectivity index (χ1n) is 10.6. The molecule has 8 heteroatoms. The van der Waals surface area contributed by atoms with Crippen LogP contribution in [0.2, 0.25) is 0 Å². The van der Waals surface area contributed by atoms with Crippen molar-refractivity contribution in [2.75, 3.05) is 13.1 Å². The maximum Gasteiger partial charge on any atom is 0.285 e. The molecular weight excluding hydrogens is 429 g/mol. The number of hydrogen-bond donors (Lipinski definition) is 1. The standard InChI is InChI=1S/C24H26FN3O3S/c1-16-3-5-18(6-4-16)15-26-24(29)20-11-13-28(14-12-20)23-17(2)22(32(30,31)27-23)19-7-9-21(25)10-8-19/h3-10,20H,11-15H2,1-2H3,(H,26,29). The summed E-state index contributed by atoms with van der Waals surface area (Å²) in [6.07, 6.45) is 1.25. The number of carbonyl (C=O) groups excluding carboxylic acids is 1. The zero-order chi connectivity index (χ0) is 22.9. The molecule has 0 spiro atoms. The van der Waals surface area contributed by atoms with Crippen molar-refractivity contribution in [1.82, 2.24) is 10.2 Å². The average molecular weight is 456 g/mol. The minimum Gasteiger partial charge on any atom is -0.356 e. The van der Waals surface area contributed by atoms with Gasteiger partial charge in [0.05, 0.1) is 0 Å². The van der Waals surface area contributed by atoms with Crippen LogP contribution in [0.3, 0.4) is 0 Å². The van der Waals surface area contributed by atoms with Gasteiger partial charge in [-0.1, -0.05) is 42.0 Å². The minimum absolute atomic E-state index is 0.0190. The molecular formula is C24H26FN3O3S. The van der Waals surface area contributed by atoms with Gasteiger partial charge in [-0.2, -0.15) is 8.42 Å². The fourth-order valence-electron chi connectivity index (χ4n) is 4.18. The molecule has 168 valence electrons. The van der Waals surface area contributed by atoms with Crippen LogP contribution in [-0.2, 0) is 21.4 Å². The van der Waals surface area contributed by atoms with Crippen molar-refractivity contribution in [2.45, 2.75) is 33.2 Å². The normalized spacial score (nSPS) is 18.6. The Balaban J connectivity index is 1.40. The van der Waals surface area contributed by atoms with E-state index in [1.54, 1.807) is 6.92 Å². The highest BCUT2D eigenvalue weighted by Crippen LogP contribution is 2.34. The van der Waals surface area contributed by atoms with Gasteiger partial charge in [0.1, 0.15) is 16.6 Å². The molecule has 1 saturated heterocycles. The number of hydrogen-bond acceptors (Lipinski definition) is 4. The number of likely N-dealkylation sites (tertiary alicyclic amines) is 1. The fourth-order valence-corrected chi connectivity index (χ4v) is 5.66. The van der Waals surface area contributed by atoms with Crippen LogP contribution in [0.15, 0.2) is 58.5 Å². The monoisotopic (exact) mass is 455 g/mol. The first-order valence-corrected chi connectivity index (χ1v) is 12.1. The van der Waals surface area contributed by atoms with Gasteiger partial charge in [0.2, 0.25) is 5.91 Å². The third kappa shape index (κ3) is 4.60. The Morgan fingerprint density at radius 3 is 2.31 bits per heavy atom. The Bertz CT molecular complexity index is 1180. The molecule has 1 fully saturated rings. The molecule has 0 aromatic heterocycles. The lowest BCUT2D eigenvalue weighted by atomic mass is 9.95. The molecule has 0 unspecified atom stereocenters. The molecule has 0 radical (unpaired) electrons. The molecule has 32 heavy (non-hydrogen) atoms. The van der Waals surface area contributed by atoms with Gasteiger partial charge in [-0.15, -0.1) is 4.40 Å². The average Bonchev–Trinajstić information content (AvgIpc) is 3.02. The van der Waals surface area contributed by atoms with E-state index in [1.807, 2.05) is 36.1 Å². The summed E-state index contributed by atoms with van der Waals surface area (Å²) in [4.78, 5) is 14.6. The maximum atomic E-state index is 13.3. The number of piperidine rings is 1. The molecule has 2 aliphatic rings. The van der Waals surface area contributed by atoms with Crippen molar-refractivity contribution in [1.29, 1.82) is 0 Å². The van der Waals surface area contributed by atoms with Crippen LogP contribution in [0.25, 0.3) is 4.91 Å². The topological polar surface area (TPSA) is 78.8 Å². The second kappa shape index (κ2) is 8.86. The van der Waals surface area contributed by atoms with Crippen LogP contribution >= 0.6 is 0 Å². The van der Waals surface area contributed by atoms with Crippen LogP contribution in [0.5, 0.6) is 0 Å². The molecule has 2 aliphatic heterocycles. The second-order valence-corrected chi connectivity index (χ2v) is 9.86. The van der Waals surface area contributed by atoms with E-state index in [4.69, 9.17) is 0 Å². The van der Waals surface area contributed by atoms with E-state index in [0.29, 0.717) is 49.4 Å². The van der Waals surface area contributed by atoms with Crippen molar-refractivity contribution >= 4 is 26.7 Å². The molecule has 1 N–H and O–H groups in total. The van der Waals surface area contributed by atoms with E-state index in [-0.39, 0.29) is 16.7 Å². The molecule has 0 atom stereocenters. The fraction of sp³-hybridized carbons (Fsp3) is 0.333. The summed E-state index contributed by atoms with van der Waals surface area (Å²) >= 11 is 0. The smallest absolute Gasteiger partial charge is 0.285 e. The highest BCUT2D eigenvalue weighted by Gasteiger charge is 2.35. The van der Waals surface area contributed by atoms with Crippen LogP contribution < -0.4 is 5.32 Å². The number of amides is 1. The highest BCUT2D eigenvalue weighted by atomic mass is 32.2. The van der Waals surface area contributed by atoms with Gasteiger partial charge in [0, 0.05) is 31.1 Å². The molecule has 0 aliphatic carbocycles. The number of nitrogens with zero attached hydrogens (tertiary/aromatic N) is 2. The number of benzene rings is 2. The van der Waals surface area contributed by atoms with E-state index >= 15 is 0 Å². The maximum absolute atomic E-state index is 13.3. The van der Waals surface area contributed by atoms with Gasteiger partial charge >= 0.3 is 0 Å². The molecule has 2 aromatic rings. The zero-order valence-electron chi connectivity index (χ0n) is 18.1. The van der Waals surface area contributed by atoms with E-state index < -0.39 is 15.8 Å². The lowest BCUT2D eigenvalue weighted by molar-refractivity contribution is -0.126. The number of aryl methyl sites for hydroxylation is 1. The molecule has 0 saturated carbocycles. The molecule has 0 bridgehead atoms. The summed E-state index contributed by atoms with van der Waals surface area (Å²) in [5.74, 6) is -0.101. The van der Waals surface area contributed by atoms with Gasteiger partial charge in [0.25, 0.3) is 10.0 Å². The Kier molecular flexibility index (Phi) is 6.15.